The van der Waals surface area contributed by atoms with Gasteiger partial charge in [0.1, 0.15) is 5.82 Å². The summed E-state index contributed by atoms with van der Waals surface area (Å²) in [4.78, 5) is 15.3. The molecule has 19 heavy (non-hydrogen) atoms. The molecule has 0 radical (unpaired) electrons. The summed E-state index contributed by atoms with van der Waals surface area (Å²) in [5, 5.41) is 3.28. The third-order valence-electron chi connectivity index (χ3n) is 2.89. The summed E-state index contributed by atoms with van der Waals surface area (Å²) in [6.45, 7) is 3.76. The van der Waals surface area contributed by atoms with Gasteiger partial charge in [0.05, 0.1) is 6.54 Å². The van der Waals surface area contributed by atoms with E-state index in [1.807, 2.05) is 24.5 Å². The zero-order chi connectivity index (χ0) is 13.7. The molecule has 0 bridgehead atoms. The number of hydrogen-bond donors (Lipinski definition) is 2. The highest BCUT2D eigenvalue weighted by Crippen LogP contribution is 2.10. The van der Waals surface area contributed by atoms with Crippen molar-refractivity contribution in [2.75, 3.05) is 5.32 Å². The molecule has 0 saturated heterocycles. The lowest BCUT2D eigenvalue weighted by Crippen LogP contribution is -2.11. The summed E-state index contributed by atoms with van der Waals surface area (Å²) < 4.78 is 2.13. The van der Waals surface area contributed by atoms with Gasteiger partial charge in [0.15, 0.2) is 0 Å². The predicted molar refractivity (Wildman–Crippen MR) is 74.8 cm³/mol. The second-order valence-corrected chi connectivity index (χ2v) is 4.33. The quantitative estimate of drug-likeness (QED) is 0.832. The third-order valence-corrected chi connectivity index (χ3v) is 2.89. The van der Waals surface area contributed by atoms with Crippen LogP contribution in [0.3, 0.4) is 0 Å². The first-order valence-electron chi connectivity index (χ1n) is 6.34. The van der Waals surface area contributed by atoms with Crippen LogP contribution in [0.5, 0.6) is 0 Å². The van der Waals surface area contributed by atoms with Crippen molar-refractivity contribution in [3.05, 3.63) is 48.0 Å². The van der Waals surface area contributed by atoms with Crippen LogP contribution in [-0.2, 0) is 13.1 Å². The highest BCUT2D eigenvalue weighted by atomic mass is 16.1. The van der Waals surface area contributed by atoms with Crippen LogP contribution in [0.1, 0.15) is 29.5 Å². The molecule has 1 heterocycles. The monoisotopic (exact) mass is 258 g/mol. The molecule has 5 heteroatoms. The molecule has 2 aromatic rings. The molecular formula is C14H18N4O. The first kappa shape index (κ1) is 13.1. The van der Waals surface area contributed by atoms with Gasteiger partial charge in [0, 0.05) is 30.2 Å². The van der Waals surface area contributed by atoms with Crippen LogP contribution >= 0.6 is 0 Å². The van der Waals surface area contributed by atoms with Crippen molar-refractivity contribution in [3.8, 4) is 0 Å². The van der Waals surface area contributed by atoms with Gasteiger partial charge in [-0.1, -0.05) is 6.92 Å². The summed E-state index contributed by atoms with van der Waals surface area (Å²) in [6, 6.07) is 7.10. The lowest BCUT2D eigenvalue weighted by molar-refractivity contribution is 0.100. The minimum Gasteiger partial charge on any atom is -0.378 e. The molecule has 0 aliphatic heterocycles. The van der Waals surface area contributed by atoms with E-state index < -0.39 is 5.91 Å². The minimum atomic E-state index is -0.412. The molecule has 0 aliphatic rings. The van der Waals surface area contributed by atoms with Crippen molar-refractivity contribution in [2.45, 2.75) is 26.4 Å². The molecule has 2 rings (SSSR count). The lowest BCUT2D eigenvalue weighted by Gasteiger charge is -2.09. The number of imidazole rings is 1. The Hall–Kier alpha value is -2.30. The lowest BCUT2D eigenvalue weighted by atomic mass is 10.2. The van der Waals surface area contributed by atoms with Crippen molar-refractivity contribution in [1.82, 2.24) is 9.55 Å². The van der Waals surface area contributed by atoms with E-state index in [9.17, 15) is 4.79 Å². The topological polar surface area (TPSA) is 72.9 Å². The van der Waals surface area contributed by atoms with E-state index in [1.165, 1.54) is 0 Å². The Kier molecular flexibility index (Phi) is 4.18. The predicted octanol–water partition coefficient (Wildman–Crippen LogP) is 2.00. The Morgan fingerprint density at radius 1 is 1.37 bits per heavy atom. The Labute approximate surface area is 112 Å². The van der Waals surface area contributed by atoms with Crippen molar-refractivity contribution < 1.29 is 4.79 Å². The summed E-state index contributed by atoms with van der Waals surface area (Å²) in [7, 11) is 0. The van der Waals surface area contributed by atoms with E-state index in [-0.39, 0.29) is 0 Å². The van der Waals surface area contributed by atoms with Gasteiger partial charge < -0.3 is 15.6 Å². The zero-order valence-electron chi connectivity index (χ0n) is 11.0. The molecule has 5 nitrogen and oxygen atoms in total. The van der Waals surface area contributed by atoms with Crippen LogP contribution < -0.4 is 11.1 Å². The number of anilines is 1. The van der Waals surface area contributed by atoms with E-state index in [0.29, 0.717) is 12.1 Å². The Morgan fingerprint density at radius 2 is 2.11 bits per heavy atom. The Bertz CT molecular complexity index is 545. The highest BCUT2D eigenvalue weighted by molar-refractivity contribution is 5.93. The SMILES string of the molecule is CCCn1ccnc1CNc1ccc(C(N)=O)cc1. The third kappa shape index (κ3) is 3.34. The van der Waals surface area contributed by atoms with Gasteiger partial charge in [-0.15, -0.1) is 0 Å². The number of carbonyl (C=O) groups is 1. The number of benzene rings is 1. The van der Waals surface area contributed by atoms with Crippen molar-refractivity contribution in [1.29, 1.82) is 0 Å². The molecule has 0 fully saturated rings. The summed E-state index contributed by atoms with van der Waals surface area (Å²) in [6.07, 6.45) is 4.87. The molecule has 0 atom stereocenters. The molecule has 0 saturated carbocycles. The number of hydrogen-bond acceptors (Lipinski definition) is 3. The first-order valence-corrected chi connectivity index (χ1v) is 6.34. The minimum absolute atomic E-state index is 0.412. The van der Waals surface area contributed by atoms with E-state index in [4.69, 9.17) is 5.73 Å². The van der Waals surface area contributed by atoms with Gasteiger partial charge >= 0.3 is 0 Å². The standard InChI is InChI=1S/C14H18N4O/c1-2-8-18-9-7-16-13(18)10-17-12-5-3-11(4-6-12)14(15)19/h3-7,9,17H,2,8,10H2,1H3,(H2,15,19). The summed E-state index contributed by atoms with van der Waals surface area (Å²) in [5.74, 6) is 0.589. The number of primary amides is 1. The van der Waals surface area contributed by atoms with E-state index in [2.05, 4.69) is 21.8 Å². The second-order valence-electron chi connectivity index (χ2n) is 4.33. The molecule has 1 aromatic heterocycles. The number of nitrogens with zero attached hydrogens (tertiary/aromatic N) is 2. The number of nitrogens with one attached hydrogen (secondary N) is 1. The second kappa shape index (κ2) is 6.04. The number of aryl methyl sites for hydroxylation is 1. The summed E-state index contributed by atoms with van der Waals surface area (Å²) in [5.41, 5.74) is 6.65. The van der Waals surface area contributed by atoms with Crippen molar-refractivity contribution in [2.24, 2.45) is 5.73 Å². The van der Waals surface area contributed by atoms with Crippen LogP contribution in [0, 0.1) is 0 Å². The number of amides is 1. The fraction of sp³-hybridized carbons (Fsp3) is 0.286. The highest BCUT2D eigenvalue weighted by Gasteiger charge is 2.03. The average Bonchev–Trinajstić information content (AvgIpc) is 2.85. The normalized spacial score (nSPS) is 10.4. The fourth-order valence-electron chi connectivity index (χ4n) is 1.89. The summed E-state index contributed by atoms with van der Waals surface area (Å²) >= 11 is 0. The van der Waals surface area contributed by atoms with Crippen LogP contribution in [-0.4, -0.2) is 15.5 Å². The number of carbonyl (C=O) groups excluding carboxylic acids is 1. The number of aromatic nitrogens is 2. The number of nitrogens with two attached hydrogens (primary N) is 1. The molecule has 0 spiro atoms. The van der Waals surface area contributed by atoms with Gasteiger partial charge in [-0.3, -0.25) is 4.79 Å². The van der Waals surface area contributed by atoms with E-state index in [0.717, 1.165) is 24.5 Å². The van der Waals surface area contributed by atoms with Gasteiger partial charge in [0.25, 0.3) is 0 Å². The van der Waals surface area contributed by atoms with Crippen molar-refractivity contribution in [3.63, 3.8) is 0 Å². The van der Waals surface area contributed by atoms with Gasteiger partial charge in [0.2, 0.25) is 5.91 Å². The maximum atomic E-state index is 11.0. The van der Waals surface area contributed by atoms with Crippen LogP contribution in [0.25, 0.3) is 0 Å². The smallest absolute Gasteiger partial charge is 0.248 e. The molecule has 1 amide bonds. The average molecular weight is 258 g/mol. The molecular weight excluding hydrogens is 240 g/mol. The first-order chi connectivity index (χ1) is 9.20. The van der Waals surface area contributed by atoms with Crippen LogP contribution in [0.4, 0.5) is 5.69 Å². The molecule has 3 N–H and O–H groups in total. The molecule has 0 unspecified atom stereocenters. The van der Waals surface area contributed by atoms with E-state index >= 15 is 0 Å². The number of rotatable bonds is 6. The molecule has 0 aliphatic carbocycles. The zero-order valence-corrected chi connectivity index (χ0v) is 11.0. The van der Waals surface area contributed by atoms with E-state index in [1.54, 1.807) is 12.1 Å². The largest absolute Gasteiger partial charge is 0.378 e. The Morgan fingerprint density at radius 3 is 2.74 bits per heavy atom. The van der Waals surface area contributed by atoms with Gasteiger partial charge in [-0.05, 0) is 30.7 Å². The maximum Gasteiger partial charge on any atom is 0.248 e. The molecule has 1 aromatic carbocycles. The Balaban J connectivity index is 1.98. The van der Waals surface area contributed by atoms with Gasteiger partial charge in [-0.25, -0.2) is 4.98 Å². The maximum absolute atomic E-state index is 11.0. The fourth-order valence-corrected chi connectivity index (χ4v) is 1.89. The van der Waals surface area contributed by atoms with Crippen molar-refractivity contribution >= 4 is 11.6 Å². The molecule has 100 valence electrons. The van der Waals surface area contributed by atoms with Crippen LogP contribution in [0.15, 0.2) is 36.7 Å². The van der Waals surface area contributed by atoms with Crippen LogP contribution in [0.2, 0.25) is 0 Å². The van der Waals surface area contributed by atoms with Gasteiger partial charge in [-0.2, -0.15) is 0 Å².